The minimum Gasteiger partial charge on any atom is -0.497 e. The Morgan fingerprint density at radius 1 is 0.962 bits per heavy atom. The van der Waals surface area contributed by atoms with Crippen molar-refractivity contribution in [3.63, 3.8) is 0 Å². The van der Waals surface area contributed by atoms with Gasteiger partial charge in [-0.15, -0.1) is 0 Å². The molecule has 0 aliphatic rings. The molecule has 2 N–H and O–H groups in total. The van der Waals surface area contributed by atoms with Crippen molar-refractivity contribution in [3.8, 4) is 22.8 Å². The number of aromatic nitrogens is 1. The van der Waals surface area contributed by atoms with E-state index in [1.807, 2.05) is 30.3 Å². The van der Waals surface area contributed by atoms with Crippen LogP contribution in [0.4, 0.5) is 5.69 Å². The lowest BCUT2D eigenvalue weighted by Gasteiger charge is -2.11. The fourth-order valence-corrected chi connectivity index (χ4v) is 2.54. The molecule has 0 saturated carbocycles. The maximum Gasteiger partial charge on any atom is 0.261 e. The number of rotatable bonds is 5. The van der Waals surface area contributed by atoms with E-state index < -0.39 is 11.5 Å². The molecule has 26 heavy (non-hydrogen) atoms. The molecule has 0 aliphatic carbocycles. The van der Waals surface area contributed by atoms with Crippen molar-refractivity contribution < 1.29 is 14.3 Å². The zero-order valence-corrected chi connectivity index (χ0v) is 14.4. The van der Waals surface area contributed by atoms with Crippen molar-refractivity contribution in [2.75, 3.05) is 19.5 Å². The number of ether oxygens (including phenoxy) is 2. The number of anilines is 1. The van der Waals surface area contributed by atoms with Gasteiger partial charge in [0, 0.05) is 11.8 Å². The first-order valence-electron chi connectivity index (χ1n) is 7.94. The van der Waals surface area contributed by atoms with E-state index in [1.165, 1.54) is 20.3 Å². The topological polar surface area (TPSA) is 80.4 Å². The molecule has 0 bridgehead atoms. The van der Waals surface area contributed by atoms with Gasteiger partial charge in [0.1, 0.15) is 17.1 Å². The van der Waals surface area contributed by atoms with Crippen LogP contribution < -0.4 is 20.3 Å². The van der Waals surface area contributed by atoms with Crippen LogP contribution in [0, 0.1) is 0 Å². The summed E-state index contributed by atoms with van der Waals surface area (Å²) in [4.78, 5) is 27.6. The highest BCUT2D eigenvalue weighted by atomic mass is 16.5. The number of hydrogen-bond donors (Lipinski definition) is 2. The second kappa shape index (κ2) is 7.57. The lowest BCUT2D eigenvalue weighted by atomic mass is 10.1. The van der Waals surface area contributed by atoms with E-state index in [9.17, 15) is 9.59 Å². The second-order valence-electron chi connectivity index (χ2n) is 5.50. The largest absolute Gasteiger partial charge is 0.497 e. The Morgan fingerprint density at radius 3 is 2.38 bits per heavy atom. The van der Waals surface area contributed by atoms with Crippen molar-refractivity contribution in [2.45, 2.75) is 0 Å². The quantitative estimate of drug-likeness (QED) is 0.740. The van der Waals surface area contributed by atoms with E-state index in [1.54, 1.807) is 24.3 Å². The van der Waals surface area contributed by atoms with Gasteiger partial charge < -0.3 is 19.8 Å². The van der Waals surface area contributed by atoms with Crippen LogP contribution >= 0.6 is 0 Å². The molecule has 1 heterocycles. The molecular formula is C20H18N2O4. The summed E-state index contributed by atoms with van der Waals surface area (Å²) in [7, 11) is 3.03. The summed E-state index contributed by atoms with van der Waals surface area (Å²) in [5, 5.41) is 2.69. The molecule has 2 aromatic carbocycles. The molecule has 3 rings (SSSR count). The highest BCUT2D eigenvalue weighted by Gasteiger charge is 2.14. The van der Waals surface area contributed by atoms with Gasteiger partial charge in [0.15, 0.2) is 0 Å². The lowest BCUT2D eigenvalue weighted by molar-refractivity contribution is 0.102. The smallest absolute Gasteiger partial charge is 0.261 e. The van der Waals surface area contributed by atoms with Crippen LogP contribution in [0.15, 0.2) is 65.5 Å². The fourth-order valence-electron chi connectivity index (χ4n) is 2.54. The predicted molar refractivity (Wildman–Crippen MR) is 100.0 cm³/mol. The molecule has 0 spiro atoms. The first kappa shape index (κ1) is 17.3. The van der Waals surface area contributed by atoms with Gasteiger partial charge in [0.05, 0.1) is 19.9 Å². The van der Waals surface area contributed by atoms with Crippen molar-refractivity contribution >= 4 is 11.6 Å². The Bertz CT molecular complexity index is 981. The average molecular weight is 350 g/mol. The normalized spacial score (nSPS) is 10.2. The number of carbonyl (C=O) groups is 1. The second-order valence-corrected chi connectivity index (χ2v) is 5.50. The van der Waals surface area contributed by atoms with Crippen molar-refractivity contribution in [2.24, 2.45) is 0 Å². The molecule has 0 saturated heterocycles. The molecule has 1 amide bonds. The molecular weight excluding hydrogens is 332 g/mol. The summed E-state index contributed by atoms with van der Waals surface area (Å²) >= 11 is 0. The number of amides is 1. The summed E-state index contributed by atoms with van der Waals surface area (Å²) in [6.45, 7) is 0. The average Bonchev–Trinajstić information content (AvgIpc) is 2.68. The standard InChI is InChI=1S/C20H18N2O4/c1-25-14-8-11-18(26-2)17(12-14)22-20(24)15-9-10-16(21-19(15)23)13-6-4-3-5-7-13/h3-12H,1-2H3,(H,21,23)(H,22,24). The van der Waals surface area contributed by atoms with Crippen LogP contribution in [0.2, 0.25) is 0 Å². The fraction of sp³-hybridized carbons (Fsp3) is 0.100. The van der Waals surface area contributed by atoms with Gasteiger partial charge in [-0.05, 0) is 29.8 Å². The highest BCUT2D eigenvalue weighted by molar-refractivity contribution is 6.05. The maximum atomic E-state index is 12.5. The number of hydrogen-bond acceptors (Lipinski definition) is 4. The van der Waals surface area contributed by atoms with Crippen LogP contribution in [0.5, 0.6) is 11.5 Å². The molecule has 6 nitrogen and oxygen atoms in total. The van der Waals surface area contributed by atoms with Gasteiger partial charge in [-0.2, -0.15) is 0 Å². The van der Waals surface area contributed by atoms with Gasteiger partial charge in [-0.25, -0.2) is 0 Å². The zero-order valence-electron chi connectivity index (χ0n) is 14.4. The third-order valence-corrected chi connectivity index (χ3v) is 3.89. The molecule has 3 aromatic rings. The number of methoxy groups -OCH3 is 2. The van der Waals surface area contributed by atoms with Crippen molar-refractivity contribution in [1.82, 2.24) is 4.98 Å². The number of nitrogens with one attached hydrogen (secondary N) is 2. The summed E-state index contributed by atoms with van der Waals surface area (Å²) in [5.41, 5.74) is 1.47. The molecule has 0 radical (unpaired) electrons. The van der Waals surface area contributed by atoms with Gasteiger partial charge in [0.25, 0.3) is 11.5 Å². The van der Waals surface area contributed by atoms with Gasteiger partial charge in [0.2, 0.25) is 0 Å². The Kier molecular flexibility index (Phi) is 5.03. The number of aromatic amines is 1. The molecule has 132 valence electrons. The van der Waals surface area contributed by atoms with Gasteiger partial charge >= 0.3 is 0 Å². The predicted octanol–water partition coefficient (Wildman–Crippen LogP) is 3.31. The number of benzene rings is 2. The van der Waals surface area contributed by atoms with Crippen molar-refractivity contribution in [1.29, 1.82) is 0 Å². The summed E-state index contributed by atoms with van der Waals surface area (Å²) in [6, 6.07) is 17.6. The maximum absolute atomic E-state index is 12.5. The van der Waals surface area contributed by atoms with E-state index >= 15 is 0 Å². The first-order valence-corrected chi connectivity index (χ1v) is 7.94. The molecule has 0 aliphatic heterocycles. The monoisotopic (exact) mass is 350 g/mol. The SMILES string of the molecule is COc1ccc(OC)c(NC(=O)c2ccc(-c3ccccc3)[nH]c2=O)c1. The van der Waals surface area contributed by atoms with E-state index in [0.717, 1.165) is 5.56 Å². The third-order valence-electron chi connectivity index (χ3n) is 3.89. The number of H-pyrrole nitrogens is 1. The Labute approximate surface area is 150 Å². The number of pyridine rings is 1. The van der Waals surface area contributed by atoms with E-state index in [4.69, 9.17) is 9.47 Å². The Morgan fingerprint density at radius 2 is 1.73 bits per heavy atom. The summed E-state index contributed by atoms with van der Waals surface area (Å²) in [5.74, 6) is 0.503. The summed E-state index contributed by atoms with van der Waals surface area (Å²) < 4.78 is 10.4. The Hall–Kier alpha value is -3.54. The minimum absolute atomic E-state index is 0.00885. The number of carbonyl (C=O) groups excluding carboxylic acids is 1. The van der Waals surface area contributed by atoms with Crippen LogP contribution in [-0.4, -0.2) is 25.1 Å². The van der Waals surface area contributed by atoms with Gasteiger partial charge in [-0.1, -0.05) is 30.3 Å². The van der Waals surface area contributed by atoms with Crippen LogP contribution in [0.3, 0.4) is 0 Å². The van der Waals surface area contributed by atoms with Crippen molar-refractivity contribution in [3.05, 3.63) is 76.6 Å². The van der Waals surface area contributed by atoms with Gasteiger partial charge in [-0.3, -0.25) is 9.59 Å². The van der Waals surface area contributed by atoms with Crippen LogP contribution in [-0.2, 0) is 0 Å². The van der Waals surface area contributed by atoms with E-state index in [2.05, 4.69) is 10.3 Å². The van der Waals surface area contributed by atoms with E-state index in [0.29, 0.717) is 22.9 Å². The minimum atomic E-state index is -0.530. The molecule has 0 atom stereocenters. The highest BCUT2D eigenvalue weighted by Crippen LogP contribution is 2.29. The molecule has 6 heteroatoms. The van der Waals surface area contributed by atoms with E-state index in [-0.39, 0.29) is 5.56 Å². The first-order chi connectivity index (χ1) is 12.6. The molecule has 0 unspecified atom stereocenters. The van der Waals surface area contributed by atoms with Crippen LogP contribution in [0.1, 0.15) is 10.4 Å². The summed E-state index contributed by atoms with van der Waals surface area (Å²) in [6.07, 6.45) is 0. The third kappa shape index (κ3) is 3.59. The molecule has 0 fully saturated rings. The lowest BCUT2D eigenvalue weighted by Crippen LogP contribution is -2.23. The zero-order chi connectivity index (χ0) is 18.5. The molecule has 1 aromatic heterocycles. The van der Waals surface area contributed by atoms with Crippen LogP contribution in [0.25, 0.3) is 11.3 Å². The Balaban J connectivity index is 1.88.